The molecule has 0 saturated carbocycles. The van der Waals surface area contributed by atoms with Crippen molar-refractivity contribution in [3.8, 4) is 5.69 Å². The van der Waals surface area contributed by atoms with E-state index in [4.69, 9.17) is 5.11 Å². The van der Waals surface area contributed by atoms with Crippen molar-refractivity contribution in [1.29, 1.82) is 0 Å². The molecule has 0 aliphatic rings. The minimum atomic E-state index is -0.965. The molecule has 0 radical (unpaired) electrons. The van der Waals surface area contributed by atoms with Gasteiger partial charge in [0, 0.05) is 0 Å². The Kier molecular flexibility index (Phi) is 2.85. The fraction of sp³-hybridized carbons (Fsp3) is 0. The van der Waals surface area contributed by atoms with Gasteiger partial charge in [-0.15, -0.1) is 0 Å². The molecule has 0 saturated heterocycles. The van der Waals surface area contributed by atoms with E-state index in [9.17, 15) is 9.59 Å². The fourth-order valence-electron chi connectivity index (χ4n) is 1.88. The van der Waals surface area contributed by atoms with E-state index in [2.05, 4.69) is 0 Å². The van der Waals surface area contributed by atoms with Crippen LogP contribution in [-0.2, 0) is 0 Å². The Bertz CT molecular complexity index is 815. The molecule has 0 fully saturated rings. The average Bonchev–Trinajstić information content (AvgIpc) is 2.77. The molecule has 0 unspecified atom stereocenters. The first kappa shape index (κ1) is 12.0. The summed E-state index contributed by atoms with van der Waals surface area (Å²) < 4.78 is 2.77. The van der Waals surface area contributed by atoms with Crippen LogP contribution in [0.2, 0.25) is 0 Å². The van der Waals surface area contributed by atoms with Crippen molar-refractivity contribution in [2.24, 2.45) is 0 Å². The molecule has 1 heterocycles. The molecule has 4 nitrogen and oxygen atoms in total. The van der Waals surface area contributed by atoms with Gasteiger partial charge in [0.25, 0.3) is 0 Å². The van der Waals surface area contributed by atoms with E-state index in [-0.39, 0.29) is 25.9 Å². The van der Waals surface area contributed by atoms with Crippen LogP contribution in [0.3, 0.4) is 0 Å². The van der Waals surface area contributed by atoms with E-state index >= 15 is 0 Å². The summed E-state index contributed by atoms with van der Waals surface area (Å²) in [5.41, 5.74) is 0.949. The molecule has 0 amide bonds. The number of carboxylic acids is 1. The van der Waals surface area contributed by atoms with Crippen LogP contribution in [0.4, 0.5) is 0 Å². The zero-order valence-corrected chi connectivity index (χ0v) is 11.5. The van der Waals surface area contributed by atoms with Crippen LogP contribution < -0.4 is 5.56 Å². The third-order valence-corrected chi connectivity index (χ3v) is 5.17. The molecule has 94 valence electrons. The van der Waals surface area contributed by atoms with E-state index in [0.29, 0.717) is 0 Å². The second-order valence-electron chi connectivity index (χ2n) is 4.04. The molecule has 19 heavy (non-hydrogen) atoms. The number of fused-ring (bicyclic) bond motifs is 1. The second kappa shape index (κ2) is 4.53. The van der Waals surface area contributed by atoms with Gasteiger partial charge in [0.05, 0.1) is 0 Å². The molecule has 0 aliphatic heterocycles. The minimum absolute atomic E-state index is 0.0151. The van der Waals surface area contributed by atoms with Crippen LogP contribution >= 0.6 is 0 Å². The van der Waals surface area contributed by atoms with Crippen molar-refractivity contribution in [3.63, 3.8) is 0 Å². The topological polar surface area (TPSA) is 59.3 Å². The normalized spacial score (nSPS) is 10.7. The molecule has 0 bridgehead atoms. The number of carbonyl (C=O) groups is 1. The third-order valence-electron chi connectivity index (χ3n) is 2.84. The van der Waals surface area contributed by atoms with Gasteiger partial charge in [-0.3, -0.25) is 0 Å². The first-order chi connectivity index (χ1) is 9.16. The summed E-state index contributed by atoms with van der Waals surface area (Å²) in [6.07, 6.45) is 0. The molecule has 2 aromatic carbocycles. The predicted molar refractivity (Wildman–Crippen MR) is 73.4 cm³/mol. The first-order valence-electron chi connectivity index (χ1n) is 5.61. The Balaban J connectivity index is 2.16. The standard InChI is InChI=1S/C14H9NO3Se/c16-13-11-3-1-2-4-12(11)19-15(13)10-7-5-9(6-8-10)14(17)18/h1-8H,(H,17,18). The third kappa shape index (κ3) is 2.03. The molecule has 3 rings (SSSR count). The second-order valence-corrected chi connectivity index (χ2v) is 6.11. The summed E-state index contributed by atoms with van der Waals surface area (Å²) in [6.45, 7) is 0. The van der Waals surface area contributed by atoms with Gasteiger partial charge in [-0.05, 0) is 0 Å². The van der Waals surface area contributed by atoms with E-state index in [1.165, 1.54) is 12.1 Å². The summed E-state index contributed by atoms with van der Waals surface area (Å²) in [7, 11) is 0. The quantitative estimate of drug-likeness (QED) is 0.732. The van der Waals surface area contributed by atoms with Crippen LogP contribution in [0.1, 0.15) is 10.4 Å². The van der Waals surface area contributed by atoms with E-state index in [1.807, 2.05) is 24.3 Å². The number of aromatic carboxylic acids is 1. The van der Waals surface area contributed by atoms with Crippen LogP contribution in [0, 0.1) is 0 Å². The van der Waals surface area contributed by atoms with Crippen molar-refractivity contribution < 1.29 is 9.90 Å². The van der Waals surface area contributed by atoms with Gasteiger partial charge in [-0.2, -0.15) is 0 Å². The van der Waals surface area contributed by atoms with Gasteiger partial charge < -0.3 is 0 Å². The molecule has 0 aliphatic carbocycles. The number of carboxylic acid groups (broad SMARTS) is 1. The number of hydrogen-bond donors (Lipinski definition) is 1. The zero-order valence-electron chi connectivity index (χ0n) is 9.74. The summed E-state index contributed by atoms with van der Waals surface area (Å²) in [5.74, 6) is -0.965. The first-order valence-corrected chi connectivity index (χ1v) is 7.24. The predicted octanol–water partition coefficient (Wildman–Crippen LogP) is 1.75. The van der Waals surface area contributed by atoms with Crippen LogP contribution in [0.25, 0.3) is 15.3 Å². The summed E-state index contributed by atoms with van der Waals surface area (Å²) in [6, 6.07) is 13.9. The number of nitrogens with zero attached hydrogens (tertiary/aromatic N) is 1. The molecular weight excluding hydrogens is 309 g/mol. The van der Waals surface area contributed by atoms with E-state index < -0.39 is 5.97 Å². The maximum atomic E-state index is 12.2. The van der Waals surface area contributed by atoms with Crippen molar-refractivity contribution in [3.05, 3.63) is 64.4 Å². The average molecular weight is 318 g/mol. The van der Waals surface area contributed by atoms with Crippen molar-refractivity contribution in [2.45, 2.75) is 0 Å². The zero-order chi connectivity index (χ0) is 13.4. The van der Waals surface area contributed by atoms with Crippen molar-refractivity contribution >= 4 is 30.3 Å². The number of rotatable bonds is 2. The number of hydrogen-bond acceptors (Lipinski definition) is 2. The Labute approximate surface area is 114 Å². The Hall–Kier alpha value is -2.10. The molecule has 0 spiro atoms. The molecule has 1 aromatic heterocycles. The van der Waals surface area contributed by atoms with Crippen LogP contribution in [-0.4, -0.2) is 29.4 Å². The molecule has 5 heteroatoms. The fourth-order valence-corrected chi connectivity index (χ4v) is 3.98. The van der Waals surface area contributed by atoms with Gasteiger partial charge >= 0.3 is 114 Å². The molecule has 0 atom stereocenters. The molecular formula is C14H9NO3Se. The van der Waals surface area contributed by atoms with E-state index in [1.54, 1.807) is 15.7 Å². The van der Waals surface area contributed by atoms with Crippen LogP contribution in [0.15, 0.2) is 53.3 Å². The number of aromatic nitrogens is 1. The van der Waals surface area contributed by atoms with Gasteiger partial charge in [0.15, 0.2) is 0 Å². The van der Waals surface area contributed by atoms with Gasteiger partial charge in [0.2, 0.25) is 0 Å². The Morgan fingerprint density at radius 2 is 1.74 bits per heavy atom. The Morgan fingerprint density at radius 1 is 1.05 bits per heavy atom. The monoisotopic (exact) mass is 319 g/mol. The Morgan fingerprint density at radius 3 is 2.37 bits per heavy atom. The SMILES string of the molecule is O=C(O)c1ccc(-n2[se]c3ccccc3c2=O)cc1. The van der Waals surface area contributed by atoms with Crippen LogP contribution in [0.5, 0.6) is 0 Å². The molecule has 1 N–H and O–H groups in total. The van der Waals surface area contributed by atoms with Gasteiger partial charge in [0.1, 0.15) is 0 Å². The number of benzene rings is 2. The van der Waals surface area contributed by atoms with Gasteiger partial charge in [-0.25, -0.2) is 0 Å². The summed E-state index contributed by atoms with van der Waals surface area (Å²) in [5, 5.41) is 9.60. The summed E-state index contributed by atoms with van der Waals surface area (Å²) >= 11 is -0.0849. The van der Waals surface area contributed by atoms with Crippen molar-refractivity contribution in [2.75, 3.05) is 0 Å². The summed E-state index contributed by atoms with van der Waals surface area (Å²) in [4.78, 5) is 23.0. The van der Waals surface area contributed by atoms with Gasteiger partial charge in [-0.1, -0.05) is 0 Å². The molecule has 3 aromatic rings. The van der Waals surface area contributed by atoms with E-state index in [0.717, 1.165) is 15.3 Å². The van der Waals surface area contributed by atoms with Crippen molar-refractivity contribution in [1.82, 2.24) is 3.56 Å². The maximum absolute atomic E-state index is 12.2.